The van der Waals surface area contributed by atoms with Gasteiger partial charge in [-0.1, -0.05) is 46.1 Å². The Labute approximate surface area is 231 Å². The molecule has 0 spiro atoms. The van der Waals surface area contributed by atoms with Gasteiger partial charge in [-0.05, 0) is 37.0 Å². The fraction of sp³-hybridized carbons (Fsp3) is 0.630. The number of carboxylic acid groups (broad SMARTS) is 1. The molecule has 0 saturated carbocycles. The van der Waals surface area contributed by atoms with Crippen molar-refractivity contribution in [3.8, 4) is 0 Å². The summed E-state index contributed by atoms with van der Waals surface area (Å²) in [6, 6.07) is -1.22. The predicted octanol–water partition coefficient (Wildman–Crippen LogP) is 3.60. The van der Waals surface area contributed by atoms with Gasteiger partial charge >= 0.3 is 18.2 Å². The summed E-state index contributed by atoms with van der Waals surface area (Å²) in [6.45, 7) is 19.8. The Morgan fingerprint density at radius 3 is 2.23 bits per heavy atom. The van der Waals surface area contributed by atoms with Crippen LogP contribution in [0.3, 0.4) is 0 Å². The molecule has 0 radical (unpaired) electrons. The minimum absolute atomic E-state index is 0.000713. The SMILES string of the molecule is C=CCOC(=O)N1CCN(C(=O)OCC=C)C(C2=C(C(=O)O)N3C(=O)[C@H]([C@@H](C)O[Si](C)(C)C(C)(C)C)[C@H]3C2)C1. The molecule has 3 rings (SSSR count). The van der Waals surface area contributed by atoms with Gasteiger partial charge in [0.25, 0.3) is 0 Å². The van der Waals surface area contributed by atoms with E-state index < -0.39 is 50.6 Å². The van der Waals surface area contributed by atoms with Crippen LogP contribution in [-0.4, -0.2) is 103 Å². The minimum atomic E-state index is -2.19. The normalized spacial score (nSPS) is 24.1. The molecule has 0 bridgehead atoms. The number of hydrogen-bond acceptors (Lipinski definition) is 7. The fourth-order valence-corrected chi connectivity index (χ4v) is 6.63. The molecular formula is C27H41N3O8Si. The van der Waals surface area contributed by atoms with Crippen LogP contribution in [0.5, 0.6) is 0 Å². The number of aliphatic carboxylic acids is 1. The van der Waals surface area contributed by atoms with Crippen molar-refractivity contribution in [2.24, 2.45) is 5.92 Å². The van der Waals surface area contributed by atoms with Gasteiger partial charge in [0.05, 0.1) is 24.1 Å². The molecule has 12 heteroatoms. The third-order valence-corrected chi connectivity index (χ3v) is 12.7. The molecule has 11 nitrogen and oxygen atoms in total. The highest BCUT2D eigenvalue weighted by Crippen LogP contribution is 2.48. The number of nitrogens with zero attached hydrogens (tertiary/aromatic N) is 3. The van der Waals surface area contributed by atoms with Gasteiger partial charge in [0.15, 0.2) is 8.32 Å². The van der Waals surface area contributed by atoms with Crippen LogP contribution >= 0.6 is 0 Å². The Morgan fingerprint density at radius 2 is 1.69 bits per heavy atom. The van der Waals surface area contributed by atoms with Crippen molar-refractivity contribution in [2.45, 2.75) is 70.4 Å². The second kappa shape index (κ2) is 11.5. The average molecular weight is 564 g/mol. The molecule has 0 aliphatic carbocycles. The van der Waals surface area contributed by atoms with Crippen LogP contribution in [0.1, 0.15) is 34.1 Å². The lowest BCUT2D eigenvalue weighted by Gasteiger charge is -2.48. The van der Waals surface area contributed by atoms with Gasteiger partial charge in [0.1, 0.15) is 18.9 Å². The number of ether oxygens (including phenoxy) is 2. The number of carbonyl (C=O) groups is 4. The zero-order chi connectivity index (χ0) is 29.3. The van der Waals surface area contributed by atoms with Crippen molar-refractivity contribution in [3.05, 3.63) is 36.6 Å². The molecule has 3 amide bonds. The van der Waals surface area contributed by atoms with E-state index in [9.17, 15) is 24.3 Å². The Bertz CT molecular complexity index is 1070. The number of rotatable bonds is 9. The van der Waals surface area contributed by atoms with Crippen molar-refractivity contribution in [1.29, 1.82) is 0 Å². The second-order valence-corrected chi connectivity index (χ2v) is 16.4. The summed E-state index contributed by atoms with van der Waals surface area (Å²) in [5.41, 5.74) is 0.258. The fourth-order valence-electron chi connectivity index (χ4n) is 5.20. The number of fused-ring (bicyclic) bond motifs is 1. The van der Waals surface area contributed by atoms with E-state index in [2.05, 4.69) is 47.0 Å². The quantitative estimate of drug-likeness (QED) is 0.256. The number of β-lactam (4-membered cyclic amide) rings is 1. The molecule has 2 fully saturated rings. The van der Waals surface area contributed by atoms with Gasteiger partial charge in [-0.25, -0.2) is 14.4 Å². The lowest BCUT2D eigenvalue weighted by atomic mass is 9.82. The largest absolute Gasteiger partial charge is 0.477 e. The molecule has 0 aromatic heterocycles. The summed E-state index contributed by atoms with van der Waals surface area (Å²) in [5.74, 6) is -2.08. The van der Waals surface area contributed by atoms with E-state index in [0.717, 1.165) is 0 Å². The Morgan fingerprint density at radius 1 is 1.10 bits per heavy atom. The monoisotopic (exact) mass is 563 g/mol. The summed E-state index contributed by atoms with van der Waals surface area (Å²) < 4.78 is 17.0. The van der Waals surface area contributed by atoms with Crippen molar-refractivity contribution in [1.82, 2.24) is 14.7 Å². The predicted molar refractivity (Wildman–Crippen MR) is 146 cm³/mol. The molecular weight excluding hydrogens is 522 g/mol. The molecule has 4 atom stereocenters. The highest BCUT2D eigenvalue weighted by atomic mass is 28.4. The molecule has 3 heterocycles. The first-order valence-corrected chi connectivity index (χ1v) is 16.1. The maximum Gasteiger partial charge on any atom is 0.410 e. The van der Waals surface area contributed by atoms with Crippen molar-refractivity contribution in [2.75, 3.05) is 32.8 Å². The van der Waals surface area contributed by atoms with Crippen molar-refractivity contribution < 1.29 is 38.2 Å². The molecule has 216 valence electrons. The lowest BCUT2D eigenvalue weighted by molar-refractivity contribution is -0.160. The molecule has 39 heavy (non-hydrogen) atoms. The summed E-state index contributed by atoms with van der Waals surface area (Å²) in [7, 11) is -2.19. The Balaban J connectivity index is 1.92. The topological polar surface area (TPSA) is 126 Å². The highest BCUT2D eigenvalue weighted by Gasteiger charge is 2.59. The highest BCUT2D eigenvalue weighted by molar-refractivity contribution is 6.74. The third-order valence-electron chi connectivity index (χ3n) is 8.16. The van der Waals surface area contributed by atoms with E-state index in [1.807, 2.05) is 6.92 Å². The van der Waals surface area contributed by atoms with Crippen LogP contribution < -0.4 is 0 Å². The summed E-state index contributed by atoms with van der Waals surface area (Å²) >= 11 is 0. The zero-order valence-corrected chi connectivity index (χ0v) is 24.8. The van der Waals surface area contributed by atoms with Crippen LogP contribution in [0.25, 0.3) is 0 Å². The van der Waals surface area contributed by atoms with Crippen molar-refractivity contribution in [3.63, 3.8) is 0 Å². The first-order chi connectivity index (χ1) is 18.2. The zero-order valence-electron chi connectivity index (χ0n) is 23.8. The first-order valence-electron chi connectivity index (χ1n) is 13.2. The molecule has 1 unspecified atom stereocenters. The number of piperazine rings is 1. The van der Waals surface area contributed by atoms with Gasteiger partial charge in [-0.15, -0.1) is 0 Å². The smallest absolute Gasteiger partial charge is 0.410 e. The van der Waals surface area contributed by atoms with Gasteiger partial charge in [0, 0.05) is 19.6 Å². The van der Waals surface area contributed by atoms with E-state index in [4.69, 9.17) is 13.9 Å². The lowest BCUT2D eigenvalue weighted by Crippen LogP contribution is -2.63. The van der Waals surface area contributed by atoms with Crippen LogP contribution in [-0.2, 0) is 23.5 Å². The molecule has 3 aliphatic heterocycles. The third kappa shape index (κ3) is 5.91. The van der Waals surface area contributed by atoms with E-state index in [0.29, 0.717) is 5.57 Å². The second-order valence-electron chi connectivity index (χ2n) is 11.7. The molecule has 0 aromatic rings. The van der Waals surface area contributed by atoms with Crippen LogP contribution in [0, 0.1) is 5.92 Å². The molecule has 0 aromatic carbocycles. The number of carbonyl (C=O) groups excluding carboxylic acids is 3. The van der Waals surface area contributed by atoms with Crippen molar-refractivity contribution >= 4 is 32.4 Å². The number of amides is 3. The van der Waals surface area contributed by atoms with Crippen LogP contribution in [0.2, 0.25) is 18.1 Å². The first kappa shape index (κ1) is 30.4. The van der Waals surface area contributed by atoms with Crippen LogP contribution in [0.15, 0.2) is 36.6 Å². The summed E-state index contributed by atoms with van der Waals surface area (Å²) in [4.78, 5) is 55.6. The average Bonchev–Trinajstić information content (AvgIpc) is 3.19. The van der Waals surface area contributed by atoms with E-state index in [1.54, 1.807) is 0 Å². The Kier molecular flexibility index (Phi) is 9.01. The van der Waals surface area contributed by atoms with E-state index >= 15 is 0 Å². The number of hydrogen-bond donors (Lipinski definition) is 1. The van der Waals surface area contributed by atoms with Gasteiger partial charge in [-0.3, -0.25) is 9.69 Å². The van der Waals surface area contributed by atoms with Crippen LogP contribution in [0.4, 0.5) is 9.59 Å². The number of carboxylic acids is 1. The van der Waals surface area contributed by atoms with E-state index in [-0.39, 0.29) is 55.9 Å². The minimum Gasteiger partial charge on any atom is -0.477 e. The molecule has 2 saturated heterocycles. The summed E-state index contributed by atoms with van der Waals surface area (Å²) in [5, 5.41) is 10.1. The van der Waals surface area contributed by atoms with E-state index in [1.165, 1.54) is 26.9 Å². The molecule has 3 aliphatic rings. The van der Waals surface area contributed by atoms with Gasteiger partial charge in [-0.2, -0.15) is 0 Å². The standard InChI is InChI=1S/C27H41N3O8Si/c1-9-13-36-25(34)28-11-12-29(26(35)37-14-10-2)20(16-28)18-15-19-21(23(31)30(19)22(18)24(32)33)17(3)38-39(7,8)27(4,5)6/h9-10,17,19-21H,1-2,11-16H2,3-8H3,(H,32,33)/t17-,19-,20?,21-/m1/s1. The molecule has 1 N–H and O–H groups in total. The van der Waals surface area contributed by atoms with Gasteiger partial charge < -0.3 is 28.8 Å². The summed E-state index contributed by atoms with van der Waals surface area (Å²) in [6.07, 6.45) is 1.48. The van der Waals surface area contributed by atoms with Gasteiger partial charge in [0.2, 0.25) is 5.91 Å². The maximum absolute atomic E-state index is 13.4. The maximum atomic E-state index is 13.4. The Hall–Kier alpha value is -3.12.